The minimum absolute atomic E-state index is 0. The van der Waals surface area contributed by atoms with Crippen molar-refractivity contribution < 1.29 is 10.2 Å². The number of aromatic nitrogens is 10. The molecule has 0 spiro atoms. The predicted molar refractivity (Wildman–Crippen MR) is 305 cm³/mol. The average Bonchev–Trinajstić information content (AvgIpc) is 3.88. The third-order valence-corrected chi connectivity index (χ3v) is 13.1. The zero-order chi connectivity index (χ0) is 52.3. The Kier molecular flexibility index (Phi) is 17.0. The van der Waals surface area contributed by atoms with Gasteiger partial charge in [0.2, 0.25) is 11.9 Å². The number of fused-ring (bicyclic) bond motifs is 2. The van der Waals surface area contributed by atoms with Crippen LogP contribution in [0, 0.1) is 0 Å². The molecule has 0 radical (unpaired) electrons. The topological polar surface area (TPSA) is 209 Å². The van der Waals surface area contributed by atoms with Crippen molar-refractivity contribution in [1.29, 1.82) is 0 Å². The van der Waals surface area contributed by atoms with E-state index in [-0.39, 0.29) is 39.1 Å². The summed E-state index contributed by atoms with van der Waals surface area (Å²) in [7, 11) is 4.29. The lowest BCUT2D eigenvalue weighted by Gasteiger charge is -2.34. The minimum Gasteiger partial charge on any atom is -0.384 e. The second kappa shape index (κ2) is 23.2. The van der Waals surface area contributed by atoms with Gasteiger partial charge in [0.1, 0.15) is 22.0 Å². The van der Waals surface area contributed by atoms with Crippen LogP contribution in [0.25, 0.3) is 33.7 Å². The summed E-state index contributed by atoms with van der Waals surface area (Å²) in [5.41, 5.74) is 3.10. The summed E-state index contributed by atoms with van der Waals surface area (Å²) in [6.45, 7) is 23.0. The molecule has 10 rings (SSSR count). The first kappa shape index (κ1) is 55.7. The van der Waals surface area contributed by atoms with Crippen LogP contribution >= 0.6 is 0 Å². The van der Waals surface area contributed by atoms with Crippen molar-refractivity contribution in [2.45, 2.75) is 66.8 Å². The molecule has 2 aromatic carbocycles. The molecule has 0 aliphatic carbocycles. The summed E-state index contributed by atoms with van der Waals surface area (Å²) in [5.74, 6) is 1.66. The highest BCUT2D eigenvalue weighted by atomic mass is 16.3. The maximum atomic E-state index is 13.2. The normalized spacial score (nSPS) is 14.4. The molecule has 2 fully saturated rings. The lowest BCUT2D eigenvalue weighted by Crippen LogP contribution is -2.44. The van der Waals surface area contributed by atoms with Crippen LogP contribution in [0.4, 0.5) is 34.6 Å². The van der Waals surface area contributed by atoms with Crippen LogP contribution in [0.5, 0.6) is 0 Å². The van der Waals surface area contributed by atoms with Crippen LogP contribution in [-0.4, -0.2) is 135 Å². The number of hydrogen-bond acceptors (Lipinski definition) is 16. The summed E-state index contributed by atoms with van der Waals surface area (Å²) in [4.78, 5) is 63.2. The molecule has 20 heteroatoms. The number of pyridine rings is 2. The Bertz CT molecular complexity index is 3180. The van der Waals surface area contributed by atoms with Crippen LogP contribution in [0.1, 0.15) is 53.9 Å². The number of benzene rings is 2. The molecular formula is C56H72N16O4. The Balaban J connectivity index is 0.000000216. The van der Waals surface area contributed by atoms with Crippen molar-refractivity contribution in [2.24, 2.45) is 0 Å². The number of piperazine rings is 2. The third-order valence-electron chi connectivity index (χ3n) is 13.1. The first-order valence-electron chi connectivity index (χ1n) is 24.7. The monoisotopic (exact) mass is 1030 g/mol. The molecule has 0 saturated carbocycles. The molecule has 0 unspecified atom stereocenters. The fourth-order valence-corrected chi connectivity index (χ4v) is 8.88. The SMILES string of the molecule is C.C.C=CCn1c(=O)c2cnc(Nc3ccc(N4CCN(C)CC4)cc3)nc2n1-c1cccc(C(C)(C)O)n1.C=CCn1c(=O)c2cnc(Nc3ccc(N4CCN(C)CC4)cc3)nc2n1-c1cccc(C(C)(C)O)n1. The number of nitrogens with zero attached hydrogens (tertiary/aromatic N) is 14. The van der Waals surface area contributed by atoms with E-state index >= 15 is 0 Å². The van der Waals surface area contributed by atoms with Gasteiger partial charge in [-0.15, -0.1) is 13.2 Å². The zero-order valence-electron chi connectivity index (χ0n) is 42.8. The second-order valence-corrected chi connectivity index (χ2v) is 19.6. The van der Waals surface area contributed by atoms with E-state index in [1.165, 1.54) is 33.1 Å². The molecule has 2 aliphatic rings. The Hall–Kier alpha value is -8.04. The number of anilines is 6. The number of aliphatic hydroxyl groups is 2. The highest BCUT2D eigenvalue weighted by Crippen LogP contribution is 2.26. The van der Waals surface area contributed by atoms with E-state index in [1.54, 1.807) is 85.6 Å². The van der Waals surface area contributed by atoms with Gasteiger partial charge in [-0.1, -0.05) is 39.1 Å². The number of likely N-dealkylation sites (N-methyl/N-ethyl adjacent to an activating group) is 2. The Labute approximate surface area is 443 Å². The van der Waals surface area contributed by atoms with E-state index in [0.717, 1.165) is 63.7 Å². The summed E-state index contributed by atoms with van der Waals surface area (Å²) < 4.78 is 6.32. The second-order valence-electron chi connectivity index (χ2n) is 19.6. The molecule has 20 nitrogen and oxygen atoms in total. The molecule has 2 saturated heterocycles. The van der Waals surface area contributed by atoms with E-state index < -0.39 is 11.2 Å². The van der Waals surface area contributed by atoms with Crippen molar-refractivity contribution in [3.63, 3.8) is 0 Å². The highest BCUT2D eigenvalue weighted by Gasteiger charge is 2.24. The smallest absolute Gasteiger partial charge is 0.278 e. The molecule has 8 aromatic rings. The van der Waals surface area contributed by atoms with Gasteiger partial charge in [0, 0.05) is 87.5 Å². The van der Waals surface area contributed by atoms with Crippen LogP contribution in [0.3, 0.4) is 0 Å². The first-order valence-corrected chi connectivity index (χ1v) is 24.7. The van der Waals surface area contributed by atoms with Gasteiger partial charge in [-0.25, -0.2) is 38.7 Å². The number of allylic oxidation sites excluding steroid dienone is 2. The predicted octanol–water partition coefficient (Wildman–Crippen LogP) is 7.04. The largest absolute Gasteiger partial charge is 0.384 e. The molecule has 0 bridgehead atoms. The van der Waals surface area contributed by atoms with Crippen molar-refractivity contribution >= 4 is 56.7 Å². The maximum Gasteiger partial charge on any atom is 0.278 e. The van der Waals surface area contributed by atoms with Crippen molar-refractivity contribution in [2.75, 3.05) is 86.9 Å². The molecular weight excluding hydrogens is 961 g/mol. The van der Waals surface area contributed by atoms with Crippen molar-refractivity contribution in [3.05, 3.63) is 155 Å². The average molecular weight is 1030 g/mol. The number of rotatable bonds is 14. The van der Waals surface area contributed by atoms with Crippen LogP contribution in [0.2, 0.25) is 0 Å². The quantitative estimate of drug-likeness (QED) is 0.0805. The standard InChI is InChI=1S/2C27H32N8O2.2CH4/c2*1-5-13-34-25(36)21-18-28-26(29-19-9-11-20(12-10-19)33-16-14-32(4)15-17-33)31-24(21)35(34)23-8-6-7-22(30-23)27(2,3)37;;/h2*5-12,18,37H,1,13-17H2,2-4H3,(H,28,29,31);2*1H4. The minimum atomic E-state index is -1.14. The third kappa shape index (κ3) is 12.1. The molecule has 400 valence electrons. The van der Waals surface area contributed by atoms with E-state index in [2.05, 4.69) is 102 Å². The molecule has 4 N–H and O–H groups in total. The molecule has 0 atom stereocenters. The number of nitrogens with one attached hydrogen (secondary N) is 2. The van der Waals surface area contributed by atoms with Gasteiger partial charge in [0.25, 0.3) is 11.1 Å². The lowest BCUT2D eigenvalue weighted by molar-refractivity contribution is 0.0733. The number of hydrogen-bond donors (Lipinski definition) is 4. The van der Waals surface area contributed by atoms with Crippen molar-refractivity contribution in [3.8, 4) is 11.6 Å². The van der Waals surface area contributed by atoms with E-state index in [0.29, 0.717) is 57.0 Å². The van der Waals surface area contributed by atoms with E-state index in [4.69, 9.17) is 9.97 Å². The van der Waals surface area contributed by atoms with Gasteiger partial charge in [-0.05, 0) is 115 Å². The van der Waals surface area contributed by atoms with Gasteiger partial charge in [-0.3, -0.25) is 9.59 Å². The first-order chi connectivity index (χ1) is 35.5. The summed E-state index contributed by atoms with van der Waals surface area (Å²) in [6.07, 6.45) is 6.35. The van der Waals surface area contributed by atoms with Crippen LogP contribution < -0.4 is 31.6 Å². The molecule has 8 heterocycles. The fraction of sp³-hybridized carbons (Fsp3) is 0.357. The Morgan fingerprint density at radius 3 is 1.22 bits per heavy atom. The molecule has 2 aliphatic heterocycles. The fourth-order valence-electron chi connectivity index (χ4n) is 8.88. The van der Waals surface area contributed by atoms with Gasteiger partial charge in [-0.2, -0.15) is 9.97 Å². The Morgan fingerprint density at radius 2 is 0.895 bits per heavy atom. The molecule has 76 heavy (non-hydrogen) atoms. The summed E-state index contributed by atoms with van der Waals surface area (Å²) >= 11 is 0. The Morgan fingerprint density at radius 1 is 0.539 bits per heavy atom. The maximum absolute atomic E-state index is 13.2. The summed E-state index contributed by atoms with van der Waals surface area (Å²) in [6, 6.07) is 27.0. The van der Waals surface area contributed by atoms with Gasteiger partial charge in [0.05, 0.1) is 24.5 Å². The molecule has 0 amide bonds. The van der Waals surface area contributed by atoms with Gasteiger partial charge < -0.3 is 40.4 Å². The van der Waals surface area contributed by atoms with Crippen molar-refractivity contribution in [1.82, 2.24) is 58.4 Å². The van der Waals surface area contributed by atoms with Gasteiger partial charge in [0.15, 0.2) is 22.9 Å². The highest BCUT2D eigenvalue weighted by molar-refractivity contribution is 5.78. The van der Waals surface area contributed by atoms with Crippen LogP contribution in [0.15, 0.2) is 132 Å². The van der Waals surface area contributed by atoms with E-state index in [1.807, 2.05) is 24.3 Å². The van der Waals surface area contributed by atoms with Gasteiger partial charge >= 0.3 is 0 Å². The lowest BCUT2D eigenvalue weighted by atomic mass is 10.1. The zero-order valence-corrected chi connectivity index (χ0v) is 42.8. The summed E-state index contributed by atoms with van der Waals surface area (Å²) in [5, 5.41) is 28.2. The van der Waals surface area contributed by atoms with E-state index in [9.17, 15) is 19.8 Å². The van der Waals surface area contributed by atoms with Crippen LogP contribution in [-0.2, 0) is 24.3 Å². The molecule has 6 aromatic heterocycles.